The fourth-order valence-corrected chi connectivity index (χ4v) is 1.33. The summed E-state index contributed by atoms with van der Waals surface area (Å²) in [5, 5.41) is 12.2. The number of hydrogen-bond donors (Lipinski definition) is 2. The van der Waals surface area contributed by atoms with Crippen molar-refractivity contribution in [1.82, 2.24) is 5.32 Å². The Morgan fingerprint density at radius 2 is 1.92 bits per heavy atom. The summed E-state index contributed by atoms with van der Waals surface area (Å²) in [5.74, 6) is 1.43. The zero-order chi connectivity index (χ0) is 10.1. The highest BCUT2D eigenvalue weighted by molar-refractivity contribution is 4.60. The Morgan fingerprint density at radius 1 is 1.23 bits per heavy atom. The second-order valence-electron chi connectivity index (χ2n) is 4.17. The second-order valence-corrected chi connectivity index (χ2v) is 4.17. The summed E-state index contributed by atoms with van der Waals surface area (Å²) in [5.41, 5.74) is 0. The standard InChI is InChI=1S/C11H25NO/c1-4-11(6-8-13)9-12-7-5-10(2)3/h10-13H,4-9H2,1-3H3. The lowest BCUT2D eigenvalue weighted by Crippen LogP contribution is -2.24. The second kappa shape index (κ2) is 8.52. The Hall–Kier alpha value is -0.0800. The van der Waals surface area contributed by atoms with E-state index in [2.05, 4.69) is 26.1 Å². The van der Waals surface area contributed by atoms with E-state index < -0.39 is 0 Å². The quantitative estimate of drug-likeness (QED) is 0.570. The van der Waals surface area contributed by atoms with Crippen LogP contribution in [-0.2, 0) is 0 Å². The van der Waals surface area contributed by atoms with Crippen molar-refractivity contribution in [3.05, 3.63) is 0 Å². The van der Waals surface area contributed by atoms with E-state index in [4.69, 9.17) is 5.11 Å². The van der Waals surface area contributed by atoms with Gasteiger partial charge < -0.3 is 10.4 Å². The molecule has 2 nitrogen and oxygen atoms in total. The molecule has 2 heteroatoms. The summed E-state index contributed by atoms with van der Waals surface area (Å²) in [6, 6.07) is 0. The van der Waals surface area contributed by atoms with Gasteiger partial charge in [0.05, 0.1) is 0 Å². The molecule has 0 heterocycles. The van der Waals surface area contributed by atoms with Crippen LogP contribution in [0.5, 0.6) is 0 Å². The summed E-state index contributed by atoms with van der Waals surface area (Å²) < 4.78 is 0. The minimum absolute atomic E-state index is 0.324. The molecule has 2 N–H and O–H groups in total. The van der Waals surface area contributed by atoms with Crippen LogP contribution < -0.4 is 5.32 Å². The number of hydrogen-bond acceptors (Lipinski definition) is 2. The fraction of sp³-hybridized carbons (Fsp3) is 1.00. The molecule has 0 saturated carbocycles. The van der Waals surface area contributed by atoms with Crippen molar-refractivity contribution in [1.29, 1.82) is 0 Å². The number of rotatable bonds is 8. The lowest BCUT2D eigenvalue weighted by Gasteiger charge is -2.14. The SMILES string of the molecule is CCC(CCO)CNCCC(C)C. The zero-order valence-electron chi connectivity index (χ0n) is 9.34. The minimum Gasteiger partial charge on any atom is -0.396 e. The zero-order valence-corrected chi connectivity index (χ0v) is 9.34. The molecule has 0 bridgehead atoms. The molecule has 0 aliphatic rings. The maximum atomic E-state index is 8.78. The average molecular weight is 187 g/mol. The van der Waals surface area contributed by atoms with E-state index in [-0.39, 0.29) is 0 Å². The van der Waals surface area contributed by atoms with E-state index in [0.29, 0.717) is 12.5 Å². The van der Waals surface area contributed by atoms with Gasteiger partial charge in [-0.1, -0.05) is 27.2 Å². The molecule has 1 unspecified atom stereocenters. The molecule has 0 spiro atoms. The summed E-state index contributed by atoms with van der Waals surface area (Å²) >= 11 is 0. The molecule has 0 saturated heterocycles. The third-order valence-corrected chi connectivity index (χ3v) is 2.45. The van der Waals surface area contributed by atoms with Crippen LogP contribution in [0.15, 0.2) is 0 Å². The summed E-state index contributed by atoms with van der Waals surface area (Å²) in [6.07, 6.45) is 3.34. The van der Waals surface area contributed by atoms with Crippen LogP contribution in [0.2, 0.25) is 0 Å². The van der Waals surface area contributed by atoms with Crippen molar-refractivity contribution in [2.45, 2.75) is 40.0 Å². The Labute approximate surface area is 82.7 Å². The number of aliphatic hydroxyl groups excluding tert-OH is 1. The normalized spacial score (nSPS) is 13.6. The van der Waals surface area contributed by atoms with Gasteiger partial charge in [-0.05, 0) is 37.8 Å². The fourth-order valence-electron chi connectivity index (χ4n) is 1.33. The Morgan fingerprint density at radius 3 is 2.38 bits per heavy atom. The lowest BCUT2D eigenvalue weighted by molar-refractivity contribution is 0.251. The van der Waals surface area contributed by atoms with Crippen LogP contribution in [-0.4, -0.2) is 24.8 Å². The van der Waals surface area contributed by atoms with Crippen LogP contribution in [0.3, 0.4) is 0 Å². The monoisotopic (exact) mass is 187 g/mol. The smallest absolute Gasteiger partial charge is 0.0434 e. The van der Waals surface area contributed by atoms with Gasteiger partial charge in [0, 0.05) is 6.61 Å². The molecule has 0 rings (SSSR count). The highest BCUT2D eigenvalue weighted by Gasteiger charge is 2.04. The van der Waals surface area contributed by atoms with E-state index in [0.717, 1.165) is 31.8 Å². The minimum atomic E-state index is 0.324. The molecule has 0 radical (unpaired) electrons. The predicted molar refractivity (Wildman–Crippen MR) is 57.8 cm³/mol. The summed E-state index contributed by atoms with van der Waals surface area (Å²) in [6.45, 7) is 9.16. The summed E-state index contributed by atoms with van der Waals surface area (Å²) in [7, 11) is 0. The van der Waals surface area contributed by atoms with Gasteiger partial charge in [-0.2, -0.15) is 0 Å². The van der Waals surface area contributed by atoms with Gasteiger partial charge in [0.25, 0.3) is 0 Å². The van der Waals surface area contributed by atoms with E-state index in [1.807, 2.05) is 0 Å². The number of nitrogens with one attached hydrogen (secondary N) is 1. The molecule has 0 aliphatic carbocycles. The third kappa shape index (κ3) is 8.26. The molecule has 80 valence electrons. The first-order chi connectivity index (χ1) is 6.20. The van der Waals surface area contributed by atoms with Gasteiger partial charge >= 0.3 is 0 Å². The molecular weight excluding hydrogens is 162 g/mol. The van der Waals surface area contributed by atoms with Crippen molar-refractivity contribution in [3.8, 4) is 0 Å². The van der Waals surface area contributed by atoms with Gasteiger partial charge in [-0.25, -0.2) is 0 Å². The molecule has 0 aromatic carbocycles. The van der Waals surface area contributed by atoms with Crippen molar-refractivity contribution in [2.75, 3.05) is 19.7 Å². The first-order valence-corrected chi connectivity index (χ1v) is 5.52. The predicted octanol–water partition coefficient (Wildman–Crippen LogP) is 2.03. The van der Waals surface area contributed by atoms with Gasteiger partial charge in [0.15, 0.2) is 0 Å². The largest absolute Gasteiger partial charge is 0.396 e. The highest BCUT2D eigenvalue weighted by atomic mass is 16.3. The summed E-state index contributed by atoms with van der Waals surface area (Å²) in [4.78, 5) is 0. The highest BCUT2D eigenvalue weighted by Crippen LogP contribution is 2.05. The van der Waals surface area contributed by atoms with Gasteiger partial charge in [-0.3, -0.25) is 0 Å². The average Bonchev–Trinajstić information content (AvgIpc) is 2.10. The molecule has 1 atom stereocenters. The van der Waals surface area contributed by atoms with Crippen LogP contribution >= 0.6 is 0 Å². The van der Waals surface area contributed by atoms with Crippen molar-refractivity contribution < 1.29 is 5.11 Å². The van der Waals surface area contributed by atoms with Gasteiger partial charge in [-0.15, -0.1) is 0 Å². The van der Waals surface area contributed by atoms with Crippen LogP contribution in [0.4, 0.5) is 0 Å². The van der Waals surface area contributed by atoms with E-state index >= 15 is 0 Å². The van der Waals surface area contributed by atoms with Gasteiger partial charge in [0.1, 0.15) is 0 Å². The van der Waals surface area contributed by atoms with Gasteiger partial charge in [0.2, 0.25) is 0 Å². The first-order valence-electron chi connectivity index (χ1n) is 5.52. The molecule has 0 aromatic rings. The Kier molecular flexibility index (Phi) is 8.46. The van der Waals surface area contributed by atoms with Crippen LogP contribution in [0.25, 0.3) is 0 Å². The molecular formula is C11H25NO. The molecule has 0 fully saturated rings. The lowest BCUT2D eigenvalue weighted by atomic mass is 10.0. The van der Waals surface area contributed by atoms with E-state index in [9.17, 15) is 0 Å². The topological polar surface area (TPSA) is 32.3 Å². The Balaban J connectivity index is 3.27. The molecule has 13 heavy (non-hydrogen) atoms. The van der Waals surface area contributed by atoms with E-state index in [1.54, 1.807) is 0 Å². The number of aliphatic hydroxyl groups is 1. The van der Waals surface area contributed by atoms with Crippen molar-refractivity contribution in [3.63, 3.8) is 0 Å². The first kappa shape index (κ1) is 12.9. The maximum Gasteiger partial charge on any atom is 0.0434 e. The van der Waals surface area contributed by atoms with Crippen LogP contribution in [0, 0.1) is 11.8 Å². The third-order valence-electron chi connectivity index (χ3n) is 2.45. The Bertz CT molecular complexity index is 104. The molecule has 0 aromatic heterocycles. The van der Waals surface area contributed by atoms with Crippen LogP contribution in [0.1, 0.15) is 40.0 Å². The van der Waals surface area contributed by atoms with E-state index in [1.165, 1.54) is 6.42 Å². The van der Waals surface area contributed by atoms with Crippen molar-refractivity contribution in [2.24, 2.45) is 11.8 Å². The maximum absolute atomic E-state index is 8.78. The molecule has 0 aliphatic heterocycles. The molecule has 0 amide bonds. The van der Waals surface area contributed by atoms with Crippen molar-refractivity contribution >= 4 is 0 Å².